The summed E-state index contributed by atoms with van der Waals surface area (Å²) in [5.74, 6) is -3.40. The van der Waals surface area contributed by atoms with Crippen molar-refractivity contribution in [2.45, 2.75) is 44.6 Å². The number of alkyl halides is 2. The minimum Gasteiger partial charge on any atom is -0.351 e. The number of aromatic nitrogens is 2. The quantitative estimate of drug-likeness (QED) is 0.546. The molecule has 4 rings (SSSR count). The minimum absolute atomic E-state index is 0.152. The van der Waals surface area contributed by atoms with Crippen LogP contribution in [0.3, 0.4) is 0 Å². The summed E-state index contributed by atoms with van der Waals surface area (Å²) in [6.45, 7) is 0.342. The van der Waals surface area contributed by atoms with Gasteiger partial charge in [-0.15, -0.1) is 11.3 Å². The zero-order valence-corrected chi connectivity index (χ0v) is 19.9. The van der Waals surface area contributed by atoms with Crippen molar-refractivity contribution >= 4 is 55.0 Å². The fourth-order valence-electron chi connectivity index (χ4n) is 4.16. The number of fused-ring (bicyclic) bond motifs is 1. The van der Waals surface area contributed by atoms with Gasteiger partial charge < -0.3 is 10.6 Å². The van der Waals surface area contributed by atoms with Gasteiger partial charge in [0.1, 0.15) is 6.54 Å². The first-order valence-corrected chi connectivity index (χ1v) is 12.0. The lowest BCUT2D eigenvalue weighted by Gasteiger charge is -2.29. The Balaban J connectivity index is 1.38. The molecule has 2 aromatic rings. The third kappa shape index (κ3) is 4.47. The summed E-state index contributed by atoms with van der Waals surface area (Å²) >= 11 is 8.12. The monoisotopic (exact) mass is 564 g/mol. The van der Waals surface area contributed by atoms with Crippen LogP contribution in [-0.2, 0) is 13.0 Å². The molecule has 1 saturated carbocycles. The van der Waals surface area contributed by atoms with E-state index < -0.39 is 24.8 Å². The van der Waals surface area contributed by atoms with Gasteiger partial charge in [0.15, 0.2) is 0 Å². The van der Waals surface area contributed by atoms with Gasteiger partial charge in [-0.25, -0.2) is 8.78 Å². The number of nitrogens with zero attached hydrogens (tertiary/aromatic N) is 2. The molecule has 6 nitrogen and oxygen atoms in total. The van der Waals surface area contributed by atoms with E-state index in [4.69, 9.17) is 0 Å². The lowest BCUT2D eigenvalue weighted by Crippen LogP contribution is -2.44. The molecular formula is C19H20Br2F2N4O2S. The summed E-state index contributed by atoms with van der Waals surface area (Å²) in [5, 5.41) is 9.82. The summed E-state index contributed by atoms with van der Waals surface area (Å²) in [5.41, 5.74) is 0.245. The standard InChI is InChI=1S/C19H20Br2F2N4O2S/c20-12-5-14(30-15(12)21)17(29)25-9-18(3-1-2-4-18)8-24-16(28)11-7-26-27-10-19(22,23)6-13(11)27/h5,7H,1-4,6,8-10H2,(H,24,28)(H,25,29). The second kappa shape index (κ2) is 8.31. The van der Waals surface area contributed by atoms with Crippen LogP contribution in [-0.4, -0.2) is 40.6 Å². The van der Waals surface area contributed by atoms with E-state index in [1.54, 1.807) is 6.07 Å². The van der Waals surface area contributed by atoms with Crippen LogP contribution in [0.25, 0.3) is 0 Å². The first kappa shape index (κ1) is 21.9. The van der Waals surface area contributed by atoms with E-state index in [9.17, 15) is 18.4 Å². The third-order valence-electron chi connectivity index (χ3n) is 5.78. The summed E-state index contributed by atoms with van der Waals surface area (Å²) in [6.07, 6.45) is 4.71. The molecule has 11 heteroatoms. The van der Waals surface area contributed by atoms with E-state index in [0.717, 1.165) is 33.9 Å². The highest BCUT2D eigenvalue weighted by Crippen LogP contribution is 2.38. The number of rotatable bonds is 6. The lowest BCUT2D eigenvalue weighted by molar-refractivity contribution is 0.000927. The highest BCUT2D eigenvalue weighted by atomic mass is 79.9. The Morgan fingerprint density at radius 3 is 2.47 bits per heavy atom. The van der Waals surface area contributed by atoms with Crippen molar-refractivity contribution in [1.82, 2.24) is 20.4 Å². The molecule has 162 valence electrons. The Kier molecular flexibility index (Phi) is 6.06. The molecule has 2 aromatic heterocycles. The van der Waals surface area contributed by atoms with Crippen molar-refractivity contribution < 1.29 is 18.4 Å². The van der Waals surface area contributed by atoms with Crippen LogP contribution in [0.2, 0.25) is 0 Å². The number of hydrogen-bond donors (Lipinski definition) is 2. The molecule has 0 unspecified atom stereocenters. The maximum atomic E-state index is 13.6. The zero-order chi connectivity index (χ0) is 21.5. The predicted molar refractivity (Wildman–Crippen MR) is 116 cm³/mol. The van der Waals surface area contributed by atoms with E-state index in [1.165, 1.54) is 22.2 Å². The molecule has 0 radical (unpaired) electrons. The number of carbonyl (C=O) groups excluding carboxylic acids is 2. The average molecular weight is 566 g/mol. The topological polar surface area (TPSA) is 76.0 Å². The highest BCUT2D eigenvalue weighted by molar-refractivity contribution is 9.13. The first-order chi connectivity index (χ1) is 14.2. The fraction of sp³-hybridized carbons (Fsp3) is 0.526. The summed E-state index contributed by atoms with van der Waals surface area (Å²) in [6, 6.07) is 1.77. The van der Waals surface area contributed by atoms with Gasteiger partial charge in [-0.1, -0.05) is 12.8 Å². The van der Waals surface area contributed by atoms with Crippen LogP contribution >= 0.6 is 43.2 Å². The fourth-order valence-corrected chi connectivity index (χ4v) is 6.11. The van der Waals surface area contributed by atoms with Gasteiger partial charge in [0.25, 0.3) is 17.7 Å². The third-order valence-corrected chi connectivity index (χ3v) is 9.04. The Hall–Kier alpha value is -1.33. The molecule has 0 saturated heterocycles. The number of carbonyl (C=O) groups is 2. The van der Waals surface area contributed by atoms with Crippen molar-refractivity contribution in [3.63, 3.8) is 0 Å². The highest BCUT2D eigenvalue weighted by Gasteiger charge is 2.41. The SMILES string of the molecule is O=C(NCC1(CNC(=O)c2cnn3c2CC(F)(F)C3)CCCC1)c1cc(Br)c(Br)s1. The van der Waals surface area contributed by atoms with Crippen molar-refractivity contribution in [2.24, 2.45) is 5.41 Å². The van der Waals surface area contributed by atoms with E-state index >= 15 is 0 Å². The Labute approximate surface area is 193 Å². The molecule has 0 spiro atoms. The molecule has 30 heavy (non-hydrogen) atoms. The molecule has 2 aliphatic rings. The van der Waals surface area contributed by atoms with Gasteiger partial charge in [0.2, 0.25) is 0 Å². The minimum atomic E-state index is -2.86. The number of amides is 2. The van der Waals surface area contributed by atoms with Crippen LogP contribution in [0.5, 0.6) is 0 Å². The summed E-state index contributed by atoms with van der Waals surface area (Å²) in [7, 11) is 0. The maximum Gasteiger partial charge on any atom is 0.272 e. The van der Waals surface area contributed by atoms with Gasteiger partial charge in [0, 0.05) is 23.0 Å². The van der Waals surface area contributed by atoms with Crippen molar-refractivity contribution in [1.29, 1.82) is 0 Å². The Morgan fingerprint density at radius 1 is 1.17 bits per heavy atom. The smallest absolute Gasteiger partial charge is 0.272 e. The molecule has 0 bridgehead atoms. The van der Waals surface area contributed by atoms with Crippen LogP contribution in [0.1, 0.15) is 51.4 Å². The van der Waals surface area contributed by atoms with Crippen molar-refractivity contribution in [3.8, 4) is 0 Å². The second-order valence-corrected chi connectivity index (χ2v) is 11.2. The summed E-state index contributed by atoms with van der Waals surface area (Å²) in [4.78, 5) is 25.8. The van der Waals surface area contributed by atoms with E-state index in [1.807, 2.05) is 0 Å². The van der Waals surface area contributed by atoms with Gasteiger partial charge in [-0.2, -0.15) is 5.10 Å². The zero-order valence-electron chi connectivity index (χ0n) is 15.9. The van der Waals surface area contributed by atoms with E-state index in [-0.39, 0.29) is 22.6 Å². The molecular weight excluding hydrogens is 546 g/mol. The molecule has 1 fully saturated rings. The van der Waals surface area contributed by atoms with E-state index in [2.05, 4.69) is 47.6 Å². The molecule has 2 amide bonds. The van der Waals surface area contributed by atoms with Gasteiger partial charge in [-0.05, 0) is 50.8 Å². The Morgan fingerprint density at radius 2 is 1.83 bits per heavy atom. The first-order valence-electron chi connectivity index (χ1n) is 9.62. The predicted octanol–water partition coefficient (Wildman–Crippen LogP) is 4.38. The van der Waals surface area contributed by atoms with Crippen molar-refractivity contribution in [2.75, 3.05) is 13.1 Å². The molecule has 1 aliphatic carbocycles. The largest absolute Gasteiger partial charge is 0.351 e. The van der Waals surface area contributed by atoms with Crippen LogP contribution < -0.4 is 10.6 Å². The molecule has 0 atom stereocenters. The van der Waals surface area contributed by atoms with Gasteiger partial charge in [0.05, 0.1) is 32.5 Å². The van der Waals surface area contributed by atoms with E-state index in [0.29, 0.717) is 18.0 Å². The number of nitrogens with one attached hydrogen (secondary N) is 2. The normalized spacial score (nSPS) is 18.9. The average Bonchev–Trinajstić information content (AvgIpc) is 3.43. The number of halogens is 4. The summed E-state index contributed by atoms with van der Waals surface area (Å²) < 4.78 is 30.1. The second-order valence-electron chi connectivity index (χ2n) is 8.00. The van der Waals surface area contributed by atoms with Gasteiger partial charge in [-0.3, -0.25) is 14.3 Å². The molecule has 3 heterocycles. The molecule has 0 aromatic carbocycles. The Bertz CT molecular complexity index is 966. The lowest BCUT2D eigenvalue weighted by atomic mass is 9.85. The van der Waals surface area contributed by atoms with Crippen LogP contribution in [0.4, 0.5) is 8.78 Å². The van der Waals surface area contributed by atoms with Crippen LogP contribution in [0.15, 0.2) is 20.5 Å². The van der Waals surface area contributed by atoms with Gasteiger partial charge >= 0.3 is 0 Å². The number of thiophene rings is 1. The number of hydrogen-bond acceptors (Lipinski definition) is 4. The molecule has 1 aliphatic heterocycles. The maximum absolute atomic E-state index is 13.6. The molecule has 2 N–H and O–H groups in total. The van der Waals surface area contributed by atoms with Crippen molar-refractivity contribution in [3.05, 3.63) is 36.7 Å². The van der Waals surface area contributed by atoms with Crippen LogP contribution in [0, 0.1) is 5.41 Å².